The maximum Gasteiger partial charge on any atom is 0.194 e. The Morgan fingerprint density at radius 2 is 2.05 bits per heavy atom. The van der Waals surface area contributed by atoms with E-state index in [9.17, 15) is 0 Å². The second-order valence-electron chi connectivity index (χ2n) is 5.00. The number of aryl methyl sites for hydroxylation is 1. The maximum atomic E-state index is 5.93. The highest BCUT2D eigenvalue weighted by atomic mass is 127. The zero-order valence-corrected chi connectivity index (χ0v) is 16.4. The van der Waals surface area contributed by atoms with Crippen LogP contribution in [0.25, 0.3) is 11.3 Å². The van der Waals surface area contributed by atoms with Crippen LogP contribution >= 0.6 is 46.9 Å². The second-order valence-corrected chi connectivity index (χ2v) is 6.72. The molecule has 0 aliphatic carbocycles. The first kappa shape index (κ1) is 17.5. The van der Waals surface area contributed by atoms with E-state index < -0.39 is 0 Å². The van der Waals surface area contributed by atoms with Gasteiger partial charge in [-0.3, -0.25) is 4.99 Å². The van der Waals surface area contributed by atoms with Gasteiger partial charge in [0.2, 0.25) is 0 Å². The van der Waals surface area contributed by atoms with Crippen LogP contribution in [0, 0.1) is 6.92 Å². The lowest BCUT2D eigenvalue weighted by atomic mass is 10.1. The molecule has 7 heteroatoms. The summed E-state index contributed by atoms with van der Waals surface area (Å²) in [5.74, 6) is 0.955. The van der Waals surface area contributed by atoms with Crippen LogP contribution in [0.4, 0.5) is 0 Å². The van der Waals surface area contributed by atoms with E-state index >= 15 is 0 Å². The van der Waals surface area contributed by atoms with Crippen molar-refractivity contribution in [3.63, 3.8) is 0 Å². The molecule has 0 radical (unpaired) electrons. The number of thiazole rings is 1. The number of nitrogens with one attached hydrogen (secondary N) is 1. The Balaban J connectivity index is 0.00000176. The topological polar surface area (TPSA) is 40.5 Å². The molecular weight excluding hydrogens is 431 g/mol. The van der Waals surface area contributed by atoms with E-state index in [4.69, 9.17) is 16.6 Å². The molecule has 1 aromatic carbocycles. The van der Waals surface area contributed by atoms with E-state index in [1.54, 1.807) is 11.3 Å². The van der Waals surface area contributed by atoms with E-state index in [2.05, 4.69) is 22.1 Å². The van der Waals surface area contributed by atoms with Crippen LogP contribution in [0.15, 0.2) is 29.3 Å². The van der Waals surface area contributed by atoms with Crippen LogP contribution in [-0.4, -0.2) is 36.0 Å². The molecule has 2 aromatic rings. The molecule has 0 amide bonds. The normalized spacial score (nSPS) is 13.8. The summed E-state index contributed by atoms with van der Waals surface area (Å²) in [6.07, 6.45) is 0. The third kappa shape index (κ3) is 3.91. The van der Waals surface area contributed by atoms with Crippen molar-refractivity contribution in [2.24, 2.45) is 4.99 Å². The van der Waals surface area contributed by atoms with Gasteiger partial charge >= 0.3 is 0 Å². The number of halogens is 2. The second kappa shape index (κ2) is 7.61. The molecule has 1 aliphatic heterocycles. The SMILES string of the molecule is Cc1sc(CNC2=NCCN2C)nc1-c1ccc(Cl)cc1.I. The molecule has 2 heterocycles. The molecule has 22 heavy (non-hydrogen) atoms. The Labute approximate surface area is 156 Å². The summed E-state index contributed by atoms with van der Waals surface area (Å²) in [6.45, 7) is 4.66. The van der Waals surface area contributed by atoms with Gasteiger partial charge in [-0.2, -0.15) is 0 Å². The first-order chi connectivity index (χ1) is 10.1. The standard InChI is InChI=1S/C15H17ClN4S.HI/c1-10-14(11-3-5-12(16)6-4-11)19-13(21-10)9-18-15-17-7-8-20(15)2;/h3-6H,7-9H2,1-2H3,(H,17,18);1H. The Hall–Kier alpha value is -0.860. The predicted octanol–water partition coefficient (Wildman–Crippen LogP) is 3.78. The Morgan fingerprint density at radius 1 is 1.32 bits per heavy atom. The van der Waals surface area contributed by atoms with Gasteiger partial charge in [0.25, 0.3) is 0 Å². The minimum absolute atomic E-state index is 0. The lowest BCUT2D eigenvalue weighted by Crippen LogP contribution is -2.35. The molecule has 3 rings (SSSR count). The van der Waals surface area contributed by atoms with Crippen LogP contribution in [0.5, 0.6) is 0 Å². The molecule has 0 saturated carbocycles. The van der Waals surface area contributed by atoms with Crippen molar-refractivity contribution in [2.45, 2.75) is 13.5 Å². The lowest BCUT2D eigenvalue weighted by molar-refractivity contribution is 0.534. The number of guanidine groups is 1. The molecule has 0 atom stereocenters. The average Bonchev–Trinajstić information content (AvgIpc) is 3.04. The highest BCUT2D eigenvalue weighted by Gasteiger charge is 2.14. The van der Waals surface area contributed by atoms with Crippen LogP contribution in [0.3, 0.4) is 0 Å². The monoisotopic (exact) mass is 448 g/mol. The third-order valence-corrected chi connectivity index (χ3v) is 4.64. The largest absolute Gasteiger partial charge is 0.350 e. The minimum atomic E-state index is 0. The van der Waals surface area contributed by atoms with Crippen molar-refractivity contribution >= 4 is 52.9 Å². The summed E-state index contributed by atoms with van der Waals surface area (Å²) in [5, 5.41) is 5.17. The van der Waals surface area contributed by atoms with Crippen LogP contribution in [-0.2, 0) is 6.54 Å². The Morgan fingerprint density at radius 3 is 2.68 bits per heavy atom. The molecule has 0 bridgehead atoms. The zero-order chi connectivity index (χ0) is 14.8. The molecule has 0 saturated heterocycles. The average molecular weight is 449 g/mol. The summed E-state index contributed by atoms with van der Waals surface area (Å²) >= 11 is 7.65. The zero-order valence-electron chi connectivity index (χ0n) is 12.5. The van der Waals surface area contributed by atoms with Gasteiger partial charge in [-0.25, -0.2) is 4.98 Å². The fraction of sp³-hybridized carbons (Fsp3) is 0.333. The number of likely N-dealkylation sites (N-methyl/N-ethyl adjacent to an activating group) is 1. The van der Waals surface area contributed by atoms with Crippen LogP contribution < -0.4 is 5.32 Å². The van der Waals surface area contributed by atoms with Crippen molar-refractivity contribution < 1.29 is 0 Å². The molecule has 1 aliphatic rings. The first-order valence-electron chi connectivity index (χ1n) is 6.85. The van der Waals surface area contributed by atoms with E-state index in [1.165, 1.54) is 4.88 Å². The van der Waals surface area contributed by atoms with Gasteiger partial charge in [0.15, 0.2) is 5.96 Å². The van der Waals surface area contributed by atoms with Gasteiger partial charge in [0.1, 0.15) is 5.01 Å². The van der Waals surface area contributed by atoms with Gasteiger partial charge in [-0.15, -0.1) is 35.3 Å². The number of aliphatic imine (C=N–C) groups is 1. The van der Waals surface area contributed by atoms with Crippen molar-refractivity contribution in [3.8, 4) is 11.3 Å². The van der Waals surface area contributed by atoms with Crippen molar-refractivity contribution in [1.82, 2.24) is 15.2 Å². The van der Waals surface area contributed by atoms with Crippen molar-refractivity contribution in [3.05, 3.63) is 39.2 Å². The van der Waals surface area contributed by atoms with Crippen molar-refractivity contribution in [1.29, 1.82) is 0 Å². The summed E-state index contributed by atoms with van der Waals surface area (Å²) in [6, 6.07) is 7.82. The summed E-state index contributed by atoms with van der Waals surface area (Å²) in [4.78, 5) is 12.5. The van der Waals surface area contributed by atoms with Gasteiger partial charge in [-0.05, 0) is 19.1 Å². The highest BCUT2D eigenvalue weighted by Crippen LogP contribution is 2.28. The Kier molecular flexibility index (Phi) is 6.05. The molecule has 0 spiro atoms. The summed E-state index contributed by atoms with van der Waals surface area (Å²) in [7, 11) is 2.05. The number of benzene rings is 1. The van der Waals surface area contributed by atoms with Crippen LogP contribution in [0.1, 0.15) is 9.88 Å². The third-order valence-electron chi connectivity index (χ3n) is 3.41. The summed E-state index contributed by atoms with van der Waals surface area (Å²) in [5.41, 5.74) is 2.14. The lowest BCUT2D eigenvalue weighted by Gasteiger charge is -2.14. The molecular formula is C15H18ClIN4S. The summed E-state index contributed by atoms with van der Waals surface area (Å²) < 4.78 is 0. The molecule has 0 unspecified atom stereocenters. The van der Waals surface area contributed by atoms with E-state index in [1.807, 2.05) is 31.3 Å². The van der Waals surface area contributed by atoms with E-state index in [-0.39, 0.29) is 24.0 Å². The smallest absolute Gasteiger partial charge is 0.194 e. The predicted molar refractivity (Wildman–Crippen MR) is 104 cm³/mol. The molecule has 0 fully saturated rings. The number of hydrogen-bond acceptors (Lipinski definition) is 5. The number of hydrogen-bond donors (Lipinski definition) is 1. The molecule has 1 aromatic heterocycles. The van der Waals surface area contributed by atoms with E-state index in [0.29, 0.717) is 6.54 Å². The molecule has 4 nitrogen and oxygen atoms in total. The van der Waals surface area contributed by atoms with Crippen molar-refractivity contribution in [2.75, 3.05) is 20.1 Å². The van der Waals surface area contributed by atoms with Gasteiger partial charge in [0, 0.05) is 29.1 Å². The number of rotatable bonds is 3. The molecule has 1 N–H and O–H groups in total. The number of aromatic nitrogens is 1. The fourth-order valence-electron chi connectivity index (χ4n) is 2.28. The quantitative estimate of drug-likeness (QED) is 0.727. The highest BCUT2D eigenvalue weighted by molar-refractivity contribution is 14.0. The number of nitrogens with zero attached hydrogens (tertiary/aromatic N) is 3. The van der Waals surface area contributed by atoms with Gasteiger partial charge in [-0.1, -0.05) is 23.7 Å². The maximum absolute atomic E-state index is 5.93. The Bertz CT molecular complexity index is 669. The van der Waals surface area contributed by atoms with E-state index in [0.717, 1.165) is 40.3 Å². The first-order valence-corrected chi connectivity index (χ1v) is 8.04. The minimum Gasteiger partial charge on any atom is -0.350 e. The van der Waals surface area contributed by atoms with Gasteiger partial charge < -0.3 is 10.2 Å². The fourth-order valence-corrected chi connectivity index (χ4v) is 3.30. The van der Waals surface area contributed by atoms with Gasteiger partial charge in [0.05, 0.1) is 18.8 Å². The molecule has 118 valence electrons. The van der Waals surface area contributed by atoms with Crippen LogP contribution in [0.2, 0.25) is 5.02 Å².